The lowest BCUT2D eigenvalue weighted by molar-refractivity contribution is -0.129. The molecule has 1 fully saturated rings. The summed E-state index contributed by atoms with van der Waals surface area (Å²) in [4.78, 5) is 31.2. The van der Waals surface area contributed by atoms with Gasteiger partial charge in [-0.15, -0.1) is 11.3 Å². The Labute approximate surface area is 178 Å². The first-order valence-electron chi connectivity index (χ1n) is 9.40. The van der Waals surface area contributed by atoms with Gasteiger partial charge in [0.05, 0.1) is 6.04 Å². The Balaban J connectivity index is 1.50. The number of likely N-dealkylation sites (tertiary alicyclic amines) is 1. The molecular formula is C20H25N3O4S2. The molecule has 1 aromatic carbocycles. The van der Waals surface area contributed by atoms with Crippen LogP contribution in [0.5, 0.6) is 5.75 Å². The van der Waals surface area contributed by atoms with E-state index >= 15 is 0 Å². The first kappa shape index (κ1) is 21.6. The van der Waals surface area contributed by atoms with Crippen LogP contribution < -0.4 is 4.74 Å². The van der Waals surface area contributed by atoms with Crippen molar-refractivity contribution in [3.8, 4) is 5.75 Å². The first-order valence-corrected chi connectivity index (χ1v) is 11.3. The molecule has 1 aliphatic rings. The molecule has 7 nitrogen and oxygen atoms in total. The van der Waals surface area contributed by atoms with Gasteiger partial charge >= 0.3 is 5.97 Å². The summed E-state index contributed by atoms with van der Waals surface area (Å²) in [5.41, 5.74) is 1.25. The molecule has 1 aromatic heterocycles. The van der Waals surface area contributed by atoms with E-state index in [1.165, 1.54) is 34.0 Å². The predicted octanol–water partition coefficient (Wildman–Crippen LogP) is 3.07. The van der Waals surface area contributed by atoms with Crippen molar-refractivity contribution in [2.75, 3.05) is 33.0 Å². The van der Waals surface area contributed by atoms with Gasteiger partial charge in [0.1, 0.15) is 12.4 Å². The summed E-state index contributed by atoms with van der Waals surface area (Å²) in [5, 5.41) is 10.5. The number of thioether (sulfide) groups is 1. The van der Waals surface area contributed by atoms with Gasteiger partial charge in [-0.1, -0.05) is 23.9 Å². The van der Waals surface area contributed by atoms with Crippen molar-refractivity contribution in [1.29, 1.82) is 0 Å². The largest absolute Gasteiger partial charge is 0.491 e. The van der Waals surface area contributed by atoms with Gasteiger partial charge in [-0.25, -0.2) is 9.78 Å². The molecule has 3 rings (SSSR count). The molecule has 156 valence electrons. The lowest BCUT2D eigenvalue weighted by Crippen LogP contribution is -2.38. The van der Waals surface area contributed by atoms with Crippen LogP contribution in [0.3, 0.4) is 0 Å². The number of amides is 1. The molecular weight excluding hydrogens is 410 g/mol. The maximum Gasteiger partial charge on any atom is 0.355 e. The first-order chi connectivity index (χ1) is 13.9. The Morgan fingerprint density at radius 1 is 1.45 bits per heavy atom. The quantitative estimate of drug-likeness (QED) is 0.574. The second kappa shape index (κ2) is 10.1. The number of hydrogen-bond donors (Lipinski definition) is 1. The van der Waals surface area contributed by atoms with Gasteiger partial charge in [-0.3, -0.25) is 4.79 Å². The van der Waals surface area contributed by atoms with E-state index in [1.54, 1.807) is 0 Å². The molecule has 1 amide bonds. The zero-order chi connectivity index (χ0) is 20.8. The van der Waals surface area contributed by atoms with Gasteiger partial charge in [0.25, 0.3) is 0 Å². The standard InChI is InChI=1S/C20H25N3O4S2/c1-22(2)11-14-4-3-5-16(10-14)27-12-15-6-7-18(24)23(15)8-9-28-20-21-17(13-29-20)19(25)26/h3-5,10,13,15H,6-9,11-12H2,1-2H3,(H,25,26)/t15-/m1/s1. The molecule has 0 spiro atoms. The van der Waals surface area contributed by atoms with Crippen LogP contribution in [0.2, 0.25) is 0 Å². The number of ether oxygens (including phenoxy) is 1. The fraction of sp³-hybridized carbons (Fsp3) is 0.450. The van der Waals surface area contributed by atoms with Crippen molar-refractivity contribution in [2.24, 2.45) is 0 Å². The molecule has 1 N–H and O–H groups in total. The van der Waals surface area contributed by atoms with E-state index < -0.39 is 5.97 Å². The molecule has 2 heterocycles. The summed E-state index contributed by atoms with van der Waals surface area (Å²) in [6.07, 6.45) is 1.33. The minimum absolute atomic E-state index is 0.0616. The second-order valence-electron chi connectivity index (χ2n) is 7.13. The molecule has 0 saturated carbocycles. The third-order valence-corrected chi connectivity index (χ3v) is 6.55. The number of rotatable bonds is 10. The number of thiazole rings is 1. The van der Waals surface area contributed by atoms with Crippen molar-refractivity contribution in [2.45, 2.75) is 29.8 Å². The second-order valence-corrected chi connectivity index (χ2v) is 9.33. The van der Waals surface area contributed by atoms with Crippen LogP contribution in [-0.4, -0.2) is 70.8 Å². The van der Waals surface area contributed by atoms with Crippen LogP contribution in [0.4, 0.5) is 0 Å². The molecule has 0 aliphatic carbocycles. The van der Waals surface area contributed by atoms with Crippen LogP contribution in [0.1, 0.15) is 28.9 Å². The molecule has 1 atom stereocenters. The highest BCUT2D eigenvalue weighted by Crippen LogP contribution is 2.25. The van der Waals surface area contributed by atoms with Gasteiger partial charge in [0, 0.05) is 30.6 Å². The van der Waals surface area contributed by atoms with Crippen molar-refractivity contribution >= 4 is 35.0 Å². The number of hydrogen-bond acceptors (Lipinski definition) is 7. The van der Waals surface area contributed by atoms with Gasteiger partial charge in [0.2, 0.25) is 5.91 Å². The normalized spacial score (nSPS) is 16.6. The molecule has 9 heteroatoms. The van der Waals surface area contributed by atoms with Crippen molar-refractivity contribution in [1.82, 2.24) is 14.8 Å². The minimum atomic E-state index is -1.02. The highest BCUT2D eigenvalue weighted by molar-refractivity contribution is 8.01. The third-order valence-electron chi connectivity index (χ3n) is 4.55. The summed E-state index contributed by atoms with van der Waals surface area (Å²) in [6.45, 7) is 1.92. The Bertz CT molecular complexity index is 856. The number of aromatic nitrogens is 1. The molecule has 0 radical (unpaired) electrons. The lowest BCUT2D eigenvalue weighted by atomic mass is 10.2. The number of carboxylic acid groups (broad SMARTS) is 1. The fourth-order valence-corrected chi connectivity index (χ4v) is 5.03. The molecule has 0 unspecified atom stereocenters. The summed E-state index contributed by atoms with van der Waals surface area (Å²) >= 11 is 2.79. The summed E-state index contributed by atoms with van der Waals surface area (Å²) in [5.74, 6) is 0.621. The van der Waals surface area contributed by atoms with Crippen molar-refractivity contribution in [3.63, 3.8) is 0 Å². The molecule has 0 bridgehead atoms. The Morgan fingerprint density at radius 3 is 3.00 bits per heavy atom. The van der Waals surface area contributed by atoms with Gasteiger partial charge < -0.3 is 19.6 Å². The van der Waals surface area contributed by atoms with Gasteiger partial charge in [0.15, 0.2) is 10.0 Å². The maximum absolute atomic E-state index is 12.3. The van der Waals surface area contributed by atoms with E-state index in [4.69, 9.17) is 9.84 Å². The maximum atomic E-state index is 12.3. The third kappa shape index (κ3) is 6.19. The van der Waals surface area contributed by atoms with E-state index in [0.717, 1.165) is 18.7 Å². The Kier molecular flexibility index (Phi) is 7.51. The van der Waals surface area contributed by atoms with Crippen LogP contribution >= 0.6 is 23.1 Å². The van der Waals surface area contributed by atoms with Crippen LogP contribution in [-0.2, 0) is 11.3 Å². The number of nitrogens with zero attached hydrogens (tertiary/aromatic N) is 3. The number of carboxylic acids is 1. The van der Waals surface area contributed by atoms with E-state index in [-0.39, 0.29) is 17.6 Å². The lowest BCUT2D eigenvalue weighted by Gasteiger charge is -2.24. The zero-order valence-corrected chi connectivity index (χ0v) is 18.2. The summed E-state index contributed by atoms with van der Waals surface area (Å²) in [6, 6.07) is 8.11. The van der Waals surface area contributed by atoms with Crippen molar-refractivity contribution in [3.05, 3.63) is 40.9 Å². The van der Waals surface area contributed by atoms with E-state index in [9.17, 15) is 9.59 Å². The SMILES string of the molecule is CN(C)Cc1cccc(OC[C@H]2CCC(=O)N2CCSc2nc(C(=O)O)cs2)c1. The number of benzene rings is 1. The van der Waals surface area contributed by atoms with E-state index in [1.807, 2.05) is 37.2 Å². The fourth-order valence-electron chi connectivity index (χ4n) is 3.22. The summed E-state index contributed by atoms with van der Waals surface area (Å²) < 4.78 is 6.70. The Morgan fingerprint density at radius 2 is 2.28 bits per heavy atom. The molecule has 1 saturated heterocycles. The smallest absolute Gasteiger partial charge is 0.355 e. The number of carbonyl (C=O) groups excluding carboxylic acids is 1. The van der Waals surface area contributed by atoms with Gasteiger partial charge in [-0.05, 0) is 38.2 Å². The monoisotopic (exact) mass is 435 g/mol. The average Bonchev–Trinajstić information content (AvgIpc) is 3.28. The van der Waals surface area contributed by atoms with E-state index in [2.05, 4.69) is 16.0 Å². The molecule has 29 heavy (non-hydrogen) atoms. The van der Waals surface area contributed by atoms with Crippen LogP contribution in [0.25, 0.3) is 0 Å². The van der Waals surface area contributed by atoms with E-state index in [0.29, 0.717) is 29.7 Å². The van der Waals surface area contributed by atoms with Crippen molar-refractivity contribution < 1.29 is 19.4 Å². The minimum Gasteiger partial charge on any atom is -0.491 e. The highest BCUT2D eigenvalue weighted by atomic mass is 32.2. The van der Waals surface area contributed by atoms with Crippen LogP contribution in [0, 0.1) is 0 Å². The highest BCUT2D eigenvalue weighted by Gasteiger charge is 2.31. The predicted molar refractivity (Wildman–Crippen MR) is 114 cm³/mol. The zero-order valence-electron chi connectivity index (χ0n) is 16.5. The Hall–Kier alpha value is -2.10. The average molecular weight is 436 g/mol. The van der Waals surface area contributed by atoms with Crippen LogP contribution in [0.15, 0.2) is 34.0 Å². The van der Waals surface area contributed by atoms with Gasteiger partial charge in [-0.2, -0.15) is 0 Å². The number of carbonyl (C=O) groups is 2. The number of aromatic carboxylic acids is 1. The topological polar surface area (TPSA) is 83.0 Å². The molecule has 1 aliphatic heterocycles. The summed E-state index contributed by atoms with van der Waals surface area (Å²) in [7, 11) is 4.06. The molecule has 2 aromatic rings.